The Morgan fingerprint density at radius 2 is 1.09 bits per heavy atom. The van der Waals surface area contributed by atoms with E-state index in [1.165, 1.54) is 11.1 Å². The summed E-state index contributed by atoms with van der Waals surface area (Å²) in [5, 5.41) is 0. The fourth-order valence-electron chi connectivity index (χ4n) is 2.65. The molecule has 0 N–H and O–H groups in total. The van der Waals surface area contributed by atoms with Crippen LogP contribution in [0.15, 0.2) is 60.7 Å². The maximum absolute atomic E-state index is 5.62. The molecule has 0 spiro atoms. The highest BCUT2D eigenvalue weighted by molar-refractivity contribution is 7.44. The van der Waals surface area contributed by atoms with Crippen molar-refractivity contribution in [1.82, 2.24) is 4.67 Å². The molecule has 0 aromatic heterocycles. The van der Waals surface area contributed by atoms with Crippen LogP contribution in [0.2, 0.25) is 0 Å². The average Bonchev–Trinajstić information content (AvgIpc) is 2.60. The van der Waals surface area contributed by atoms with Crippen LogP contribution in [0.25, 0.3) is 0 Å². The second kappa shape index (κ2) is 8.40. The van der Waals surface area contributed by atoms with E-state index in [2.05, 4.69) is 67.0 Å². The molecule has 0 aliphatic heterocycles. The Bertz CT molecular complexity index is 500. The second-order valence-electron chi connectivity index (χ2n) is 5.16. The third kappa shape index (κ3) is 3.93. The van der Waals surface area contributed by atoms with E-state index in [9.17, 15) is 0 Å². The number of benzene rings is 2. The summed E-state index contributed by atoms with van der Waals surface area (Å²) in [5.74, 6) is 0. The van der Waals surface area contributed by atoms with Crippen molar-refractivity contribution < 1.29 is 9.05 Å². The molecule has 118 valence electrons. The molecule has 2 aromatic rings. The summed E-state index contributed by atoms with van der Waals surface area (Å²) in [5.41, 5.74) is 2.51. The highest BCUT2D eigenvalue weighted by Crippen LogP contribution is 2.51. The summed E-state index contributed by atoms with van der Waals surface area (Å²) in [6.07, 6.45) is 0. The van der Waals surface area contributed by atoms with Crippen molar-refractivity contribution >= 4 is 8.53 Å². The van der Waals surface area contributed by atoms with E-state index in [0.29, 0.717) is 0 Å². The summed E-state index contributed by atoms with van der Waals surface area (Å²) >= 11 is 0. The zero-order valence-corrected chi connectivity index (χ0v) is 14.5. The van der Waals surface area contributed by atoms with E-state index in [4.69, 9.17) is 9.05 Å². The predicted octanol–water partition coefficient (Wildman–Crippen LogP) is 5.33. The number of hydrogen-bond acceptors (Lipinski definition) is 3. The highest BCUT2D eigenvalue weighted by Gasteiger charge is 2.31. The summed E-state index contributed by atoms with van der Waals surface area (Å²) in [6, 6.07) is 21.3. The van der Waals surface area contributed by atoms with Crippen LogP contribution in [0.4, 0.5) is 0 Å². The van der Waals surface area contributed by atoms with E-state index in [0.717, 1.165) is 0 Å². The van der Waals surface area contributed by atoms with Crippen LogP contribution < -0.4 is 0 Å². The Hall–Kier alpha value is -1.25. The van der Waals surface area contributed by atoms with Gasteiger partial charge in [0, 0.05) is 26.3 Å². The molecular formula is C18H24NO2P. The Labute approximate surface area is 134 Å². The lowest BCUT2D eigenvalue weighted by molar-refractivity contribution is 0.204. The first kappa shape index (κ1) is 17.1. The molecule has 0 heterocycles. The largest absolute Gasteiger partial charge is 0.325 e. The molecular weight excluding hydrogens is 293 g/mol. The lowest BCUT2D eigenvalue weighted by Crippen LogP contribution is -2.26. The minimum Gasteiger partial charge on any atom is -0.325 e. The van der Waals surface area contributed by atoms with Crippen molar-refractivity contribution in [2.24, 2.45) is 0 Å². The Morgan fingerprint density at radius 1 is 0.727 bits per heavy atom. The molecule has 0 aliphatic rings. The van der Waals surface area contributed by atoms with Crippen molar-refractivity contribution in [2.45, 2.75) is 25.9 Å². The van der Waals surface area contributed by atoms with Crippen LogP contribution in [0.1, 0.15) is 37.1 Å². The lowest BCUT2D eigenvalue weighted by atomic mass is 10.0. The van der Waals surface area contributed by atoms with Gasteiger partial charge in [-0.2, -0.15) is 0 Å². The van der Waals surface area contributed by atoms with Gasteiger partial charge in [-0.05, 0) is 25.0 Å². The first-order valence-corrected chi connectivity index (χ1v) is 8.58. The summed E-state index contributed by atoms with van der Waals surface area (Å²) in [6.45, 7) is 4.39. The Morgan fingerprint density at radius 3 is 1.41 bits per heavy atom. The fourth-order valence-corrected chi connectivity index (χ4v) is 4.01. The minimum atomic E-state index is -1.11. The maximum atomic E-state index is 5.62. The van der Waals surface area contributed by atoms with Gasteiger partial charge in [0.25, 0.3) is 8.53 Å². The summed E-state index contributed by atoms with van der Waals surface area (Å²) in [7, 11) is 2.30. The zero-order chi connectivity index (χ0) is 15.9. The van der Waals surface area contributed by atoms with Crippen LogP contribution in [0.3, 0.4) is 0 Å². The van der Waals surface area contributed by atoms with Gasteiger partial charge in [0.15, 0.2) is 0 Å². The third-order valence-electron chi connectivity index (χ3n) is 3.86. The van der Waals surface area contributed by atoms with E-state index in [1.54, 1.807) is 14.2 Å². The van der Waals surface area contributed by atoms with Gasteiger partial charge in [-0.25, -0.2) is 4.67 Å². The predicted molar refractivity (Wildman–Crippen MR) is 92.5 cm³/mol. The van der Waals surface area contributed by atoms with Gasteiger partial charge in [0.1, 0.15) is 0 Å². The molecule has 3 nitrogen and oxygen atoms in total. The third-order valence-corrected chi connectivity index (χ3v) is 5.55. The van der Waals surface area contributed by atoms with Gasteiger partial charge >= 0.3 is 0 Å². The van der Waals surface area contributed by atoms with Crippen molar-refractivity contribution in [1.29, 1.82) is 0 Å². The number of hydrogen-bond donors (Lipinski definition) is 0. The molecule has 4 heteroatoms. The first-order valence-electron chi connectivity index (χ1n) is 7.45. The molecule has 2 aromatic carbocycles. The van der Waals surface area contributed by atoms with E-state index >= 15 is 0 Å². The maximum Gasteiger partial charge on any atom is 0.259 e. The average molecular weight is 317 g/mol. The quantitative estimate of drug-likeness (QED) is 0.644. The first-order chi connectivity index (χ1) is 10.7. The molecule has 0 amide bonds. The molecule has 2 atom stereocenters. The fraction of sp³-hybridized carbons (Fsp3) is 0.333. The molecule has 0 bridgehead atoms. The smallest absolute Gasteiger partial charge is 0.259 e. The topological polar surface area (TPSA) is 21.7 Å². The molecule has 0 saturated heterocycles. The van der Waals surface area contributed by atoms with Crippen molar-refractivity contribution in [2.75, 3.05) is 14.2 Å². The highest BCUT2D eigenvalue weighted by atomic mass is 31.2. The Kier molecular flexibility index (Phi) is 6.53. The van der Waals surface area contributed by atoms with Crippen LogP contribution in [0.5, 0.6) is 0 Å². The van der Waals surface area contributed by atoms with Gasteiger partial charge in [-0.15, -0.1) is 0 Å². The van der Waals surface area contributed by atoms with E-state index in [-0.39, 0.29) is 12.1 Å². The molecule has 22 heavy (non-hydrogen) atoms. The van der Waals surface area contributed by atoms with Gasteiger partial charge in [-0.3, -0.25) is 0 Å². The van der Waals surface area contributed by atoms with Gasteiger partial charge in [-0.1, -0.05) is 60.7 Å². The van der Waals surface area contributed by atoms with Crippen LogP contribution in [-0.2, 0) is 9.05 Å². The lowest BCUT2D eigenvalue weighted by Gasteiger charge is -2.37. The number of nitrogens with zero attached hydrogens (tertiary/aromatic N) is 1. The van der Waals surface area contributed by atoms with Gasteiger partial charge < -0.3 is 9.05 Å². The normalized spacial score (nSPS) is 14.3. The minimum absolute atomic E-state index is 0.197. The van der Waals surface area contributed by atoms with Gasteiger partial charge in [0.05, 0.1) is 0 Å². The monoisotopic (exact) mass is 317 g/mol. The SMILES string of the molecule is COP(OC)N([C@H](C)c1ccccc1)[C@H](C)c1ccccc1. The molecule has 0 unspecified atom stereocenters. The summed E-state index contributed by atoms with van der Waals surface area (Å²) in [4.78, 5) is 0. The molecule has 2 rings (SSSR count). The van der Waals surface area contributed by atoms with Crippen molar-refractivity contribution in [3.8, 4) is 0 Å². The summed E-state index contributed by atoms with van der Waals surface area (Å²) < 4.78 is 13.5. The second-order valence-corrected chi connectivity index (χ2v) is 6.82. The molecule has 0 aliphatic carbocycles. The van der Waals surface area contributed by atoms with E-state index in [1.807, 2.05) is 12.1 Å². The van der Waals surface area contributed by atoms with Gasteiger partial charge in [0.2, 0.25) is 0 Å². The van der Waals surface area contributed by atoms with E-state index < -0.39 is 8.53 Å². The Balaban J connectivity index is 2.34. The molecule has 0 fully saturated rings. The number of rotatable bonds is 7. The van der Waals surface area contributed by atoms with Crippen molar-refractivity contribution in [3.05, 3.63) is 71.8 Å². The zero-order valence-electron chi connectivity index (χ0n) is 13.6. The van der Waals surface area contributed by atoms with Crippen LogP contribution in [-0.4, -0.2) is 18.9 Å². The van der Waals surface area contributed by atoms with Crippen molar-refractivity contribution in [3.63, 3.8) is 0 Å². The standard InChI is InChI=1S/C18H24NO2P/c1-15(17-11-7-5-8-12-17)19(22(20-3)21-4)16(2)18-13-9-6-10-14-18/h5-16H,1-4H3/t15-,16-/m1/s1. The molecule has 0 saturated carbocycles. The molecule has 0 radical (unpaired) electrons. The van der Waals surface area contributed by atoms with Crippen LogP contribution >= 0.6 is 8.53 Å². The van der Waals surface area contributed by atoms with Crippen LogP contribution in [0, 0.1) is 0 Å².